The normalized spacial score (nSPS) is 13.4. The molecule has 0 atom stereocenters. The van der Waals surface area contributed by atoms with Gasteiger partial charge < -0.3 is 0 Å². The quantitative estimate of drug-likeness (QED) is 0.737. The number of hydrogen-bond acceptors (Lipinski definition) is 5. The van der Waals surface area contributed by atoms with Gasteiger partial charge in [-0.1, -0.05) is 24.3 Å². The van der Waals surface area contributed by atoms with E-state index in [0.717, 1.165) is 38.7 Å². The van der Waals surface area contributed by atoms with Gasteiger partial charge in [-0.15, -0.1) is 22.7 Å². The molecule has 0 unspecified atom stereocenters. The summed E-state index contributed by atoms with van der Waals surface area (Å²) in [6.07, 6.45) is 1.88. The van der Waals surface area contributed by atoms with Crippen LogP contribution in [0.25, 0.3) is 11.3 Å². The minimum Gasteiger partial charge on any atom is -0.255 e. The Hall–Kier alpha value is -1.70. The van der Waals surface area contributed by atoms with E-state index in [0.29, 0.717) is 10.0 Å². The number of nitrogens with one attached hydrogen (secondary N) is 1. The fraction of sp³-hybridized carbons (Fsp3) is 0.235. The SMILES string of the molecule is Cc1cc(S(=O)(=O)Nc2nc3c(s2)CCc2ccccc2-3)c(C)s1. The largest absolute Gasteiger partial charge is 0.264 e. The average Bonchev–Trinajstić information content (AvgIpc) is 3.09. The molecule has 1 aliphatic carbocycles. The summed E-state index contributed by atoms with van der Waals surface area (Å²) in [5, 5.41) is 0.444. The first-order chi connectivity index (χ1) is 11.4. The van der Waals surface area contributed by atoms with E-state index in [2.05, 4.69) is 21.8 Å². The maximum absolute atomic E-state index is 12.7. The van der Waals surface area contributed by atoms with Gasteiger partial charge in [0.05, 0.1) is 5.69 Å². The zero-order chi connectivity index (χ0) is 16.9. The second kappa shape index (κ2) is 5.68. The molecule has 0 amide bonds. The summed E-state index contributed by atoms with van der Waals surface area (Å²) in [7, 11) is -3.59. The molecule has 2 aromatic heterocycles. The summed E-state index contributed by atoms with van der Waals surface area (Å²) in [5.74, 6) is 0. The van der Waals surface area contributed by atoms with Gasteiger partial charge in [0.25, 0.3) is 10.0 Å². The highest BCUT2D eigenvalue weighted by atomic mass is 32.2. The van der Waals surface area contributed by atoms with E-state index < -0.39 is 10.0 Å². The van der Waals surface area contributed by atoms with Crippen molar-refractivity contribution in [1.29, 1.82) is 0 Å². The lowest BCUT2D eigenvalue weighted by atomic mass is 9.94. The van der Waals surface area contributed by atoms with Crippen molar-refractivity contribution in [2.45, 2.75) is 31.6 Å². The Morgan fingerprint density at radius 3 is 2.67 bits per heavy atom. The molecule has 7 heteroatoms. The average molecular weight is 377 g/mol. The molecule has 0 bridgehead atoms. The standard InChI is InChI=1S/C17H16N2O2S3/c1-10-9-15(11(2)22-10)24(20,21)19-17-18-16-13-6-4-3-5-12(13)7-8-14(16)23-17/h3-6,9H,7-8H2,1-2H3,(H,18,19). The number of aromatic nitrogens is 1. The molecule has 4 rings (SSSR count). The molecule has 24 heavy (non-hydrogen) atoms. The molecule has 0 saturated carbocycles. The Kier molecular flexibility index (Phi) is 3.74. The summed E-state index contributed by atoms with van der Waals surface area (Å²) < 4.78 is 28.0. The molecule has 1 aliphatic rings. The molecule has 0 fully saturated rings. The molecular formula is C17H16N2O2S3. The van der Waals surface area contributed by atoms with Gasteiger partial charge in [0.2, 0.25) is 0 Å². The molecule has 0 spiro atoms. The van der Waals surface area contributed by atoms with E-state index >= 15 is 0 Å². The summed E-state index contributed by atoms with van der Waals surface area (Å²) in [4.78, 5) is 7.84. The van der Waals surface area contributed by atoms with Crippen LogP contribution in [0.4, 0.5) is 5.13 Å². The fourth-order valence-electron chi connectivity index (χ4n) is 3.04. The number of sulfonamides is 1. The van der Waals surface area contributed by atoms with E-state index in [1.54, 1.807) is 6.07 Å². The highest BCUT2D eigenvalue weighted by Crippen LogP contribution is 2.38. The van der Waals surface area contributed by atoms with Crippen molar-refractivity contribution in [3.05, 3.63) is 50.5 Å². The number of thiazole rings is 1. The fourth-order valence-corrected chi connectivity index (χ4v) is 6.80. The van der Waals surface area contributed by atoms with E-state index in [4.69, 9.17) is 0 Å². The molecule has 0 aliphatic heterocycles. The highest BCUT2D eigenvalue weighted by Gasteiger charge is 2.24. The molecule has 1 N–H and O–H groups in total. The lowest BCUT2D eigenvalue weighted by molar-refractivity contribution is 0.601. The Morgan fingerprint density at radius 1 is 1.12 bits per heavy atom. The molecular weight excluding hydrogens is 360 g/mol. The van der Waals surface area contributed by atoms with Crippen molar-refractivity contribution in [2.75, 3.05) is 4.72 Å². The predicted molar refractivity (Wildman–Crippen MR) is 99.6 cm³/mol. The van der Waals surface area contributed by atoms with Gasteiger partial charge in [-0.3, -0.25) is 4.72 Å². The molecule has 4 nitrogen and oxygen atoms in total. The van der Waals surface area contributed by atoms with Gasteiger partial charge in [0.1, 0.15) is 4.90 Å². The van der Waals surface area contributed by atoms with E-state index in [1.807, 2.05) is 26.0 Å². The zero-order valence-electron chi connectivity index (χ0n) is 13.3. The number of fused-ring (bicyclic) bond motifs is 3. The second-order valence-corrected chi connectivity index (χ2v) is 10.0. The lowest BCUT2D eigenvalue weighted by Crippen LogP contribution is -2.12. The molecule has 2 heterocycles. The number of hydrogen-bond donors (Lipinski definition) is 1. The third-order valence-electron chi connectivity index (χ3n) is 4.10. The van der Waals surface area contributed by atoms with E-state index in [-0.39, 0.29) is 0 Å². The van der Waals surface area contributed by atoms with Gasteiger partial charge in [-0.25, -0.2) is 13.4 Å². The summed E-state index contributed by atoms with van der Waals surface area (Å²) in [6.45, 7) is 3.74. The van der Waals surface area contributed by atoms with Crippen molar-refractivity contribution in [2.24, 2.45) is 0 Å². The van der Waals surface area contributed by atoms with Gasteiger partial charge in [0.15, 0.2) is 5.13 Å². The Balaban J connectivity index is 1.71. The van der Waals surface area contributed by atoms with Gasteiger partial charge in [-0.2, -0.15) is 0 Å². The maximum atomic E-state index is 12.7. The topological polar surface area (TPSA) is 59.1 Å². The van der Waals surface area contributed by atoms with E-state index in [9.17, 15) is 8.42 Å². The zero-order valence-corrected chi connectivity index (χ0v) is 15.7. The molecule has 0 saturated heterocycles. The smallest absolute Gasteiger partial charge is 0.255 e. The van der Waals surface area contributed by atoms with Gasteiger partial charge in [-0.05, 0) is 38.3 Å². The van der Waals surface area contributed by atoms with Crippen LogP contribution in [0.2, 0.25) is 0 Å². The predicted octanol–water partition coefficient (Wildman–Crippen LogP) is 4.39. The Labute approximate surface area is 149 Å². The van der Waals surface area contributed by atoms with Crippen LogP contribution >= 0.6 is 22.7 Å². The second-order valence-electron chi connectivity index (χ2n) is 5.83. The number of thiophene rings is 1. The number of nitrogens with zero attached hydrogens (tertiary/aromatic N) is 1. The van der Waals surface area contributed by atoms with Crippen LogP contribution in [0, 0.1) is 13.8 Å². The summed E-state index contributed by atoms with van der Waals surface area (Å²) >= 11 is 2.92. The van der Waals surface area contributed by atoms with Crippen LogP contribution < -0.4 is 4.72 Å². The van der Waals surface area contributed by atoms with Crippen molar-refractivity contribution in [3.63, 3.8) is 0 Å². The van der Waals surface area contributed by atoms with Crippen LogP contribution in [0.1, 0.15) is 20.2 Å². The van der Waals surface area contributed by atoms with Crippen LogP contribution in [-0.4, -0.2) is 13.4 Å². The Bertz CT molecular complexity index is 1030. The number of anilines is 1. The van der Waals surface area contributed by atoms with Crippen LogP contribution in [0.15, 0.2) is 35.2 Å². The van der Waals surface area contributed by atoms with Crippen molar-refractivity contribution in [3.8, 4) is 11.3 Å². The minimum atomic E-state index is -3.59. The van der Waals surface area contributed by atoms with E-state index in [1.165, 1.54) is 28.2 Å². The molecule has 3 aromatic rings. The van der Waals surface area contributed by atoms with Crippen LogP contribution in [0.5, 0.6) is 0 Å². The number of aryl methyl sites for hydroxylation is 4. The van der Waals surface area contributed by atoms with Crippen molar-refractivity contribution >= 4 is 37.8 Å². The monoisotopic (exact) mass is 376 g/mol. The minimum absolute atomic E-state index is 0.346. The lowest BCUT2D eigenvalue weighted by Gasteiger charge is -2.13. The number of benzene rings is 1. The van der Waals surface area contributed by atoms with Crippen molar-refractivity contribution < 1.29 is 8.42 Å². The van der Waals surface area contributed by atoms with Crippen LogP contribution in [-0.2, 0) is 22.9 Å². The Morgan fingerprint density at radius 2 is 1.92 bits per heavy atom. The first-order valence-electron chi connectivity index (χ1n) is 7.62. The number of rotatable bonds is 3. The first-order valence-corrected chi connectivity index (χ1v) is 10.7. The maximum Gasteiger partial charge on any atom is 0.264 e. The van der Waals surface area contributed by atoms with Crippen molar-refractivity contribution in [1.82, 2.24) is 4.98 Å². The first kappa shape index (κ1) is 15.8. The molecule has 124 valence electrons. The summed E-state index contributed by atoms with van der Waals surface area (Å²) in [6, 6.07) is 9.90. The van der Waals surface area contributed by atoms with Gasteiger partial charge in [0, 0.05) is 20.2 Å². The summed E-state index contributed by atoms with van der Waals surface area (Å²) in [5.41, 5.74) is 3.30. The highest BCUT2D eigenvalue weighted by molar-refractivity contribution is 7.93. The van der Waals surface area contributed by atoms with Crippen LogP contribution in [0.3, 0.4) is 0 Å². The molecule has 1 aromatic carbocycles. The van der Waals surface area contributed by atoms with Gasteiger partial charge >= 0.3 is 0 Å². The molecule has 0 radical (unpaired) electrons. The third kappa shape index (κ3) is 2.66. The third-order valence-corrected chi connectivity index (χ3v) is 7.82.